The van der Waals surface area contributed by atoms with Gasteiger partial charge in [0.25, 0.3) is 5.69 Å². The highest BCUT2D eigenvalue weighted by Gasteiger charge is 2.08. The molecule has 2 rings (SSSR count). The minimum absolute atomic E-state index is 0.0269. The Bertz CT molecular complexity index is 567. The van der Waals surface area contributed by atoms with Crippen LogP contribution in [0.1, 0.15) is 0 Å². The minimum Gasteiger partial charge on any atom is -0.258 e. The van der Waals surface area contributed by atoms with Crippen molar-refractivity contribution in [1.82, 2.24) is 9.78 Å². The molecule has 0 amide bonds. The van der Waals surface area contributed by atoms with Crippen molar-refractivity contribution < 1.29 is 4.92 Å². The third kappa shape index (κ3) is 1.50. The summed E-state index contributed by atoms with van der Waals surface area (Å²) < 4.78 is 1.50. The van der Waals surface area contributed by atoms with Crippen molar-refractivity contribution in [2.45, 2.75) is 6.54 Å². The molecular weight excluding hydrogens is 196 g/mol. The van der Waals surface area contributed by atoms with E-state index in [1.54, 1.807) is 6.07 Å². The van der Waals surface area contributed by atoms with E-state index in [1.807, 2.05) is 6.07 Å². The molecule has 1 aromatic heterocycles. The predicted molar refractivity (Wildman–Crippen MR) is 52.0 cm³/mol. The number of aromatic nitrogens is 2. The van der Waals surface area contributed by atoms with Crippen LogP contribution in [0, 0.1) is 21.4 Å². The number of hydrogen-bond acceptors (Lipinski definition) is 4. The van der Waals surface area contributed by atoms with Gasteiger partial charge in [0.15, 0.2) is 0 Å². The van der Waals surface area contributed by atoms with Crippen LogP contribution in [0.3, 0.4) is 0 Å². The quantitative estimate of drug-likeness (QED) is 0.545. The van der Waals surface area contributed by atoms with Crippen LogP contribution in [0.4, 0.5) is 5.69 Å². The van der Waals surface area contributed by atoms with Gasteiger partial charge in [-0.3, -0.25) is 14.8 Å². The number of rotatable bonds is 2. The van der Waals surface area contributed by atoms with Gasteiger partial charge in [-0.1, -0.05) is 0 Å². The van der Waals surface area contributed by atoms with Gasteiger partial charge in [-0.05, 0) is 6.07 Å². The fourth-order valence-corrected chi connectivity index (χ4v) is 1.38. The zero-order valence-electron chi connectivity index (χ0n) is 7.62. The zero-order valence-corrected chi connectivity index (χ0v) is 7.62. The maximum absolute atomic E-state index is 10.5. The van der Waals surface area contributed by atoms with E-state index in [0.29, 0.717) is 5.39 Å². The molecule has 0 fully saturated rings. The number of nitro groups is 1. The molecule has 0 N–H and O–H groups in total. The first kappa shape index (κ1) is 9.15. The van der Waals surface area contributed by atoms with Crippen molar-refractivity contribution in [1.29, 1.82) is 5.26 Å². The summed E-state index contributed by atoms with van der Waals surface area (Å²) in [6.07, 6.45) is 1.51. The van der Waals surface area contributed by atoms with E-state index >= 15 is 0 Å². The van der Waals surface area contributed by atoms with E-state index in [-0.39, 0.29) is 12.2 Å². The molecule has 0 radical (unpaired) electrons. The summed E-state index contributed by atoms with van der Waals surface area (Å²) in [5.74, 6) is 0. The Morgan fingerprint density at radius 1 is 1.60 bits per heavy atom. The number of benzene rings is 1. The molecule has 0 atom stereocenters. The highest BCUT2D eigenvalue weighted by atomic mass is 16.6. The van der Waals surface area contributed by atoms with Gasteiger partial charge in [-0.15, -0.1) is 0 Å². The molecule has 0 spiro atoms. The predicted octanol–water partition coefficient (Wildman–Crippen LogP) is 1.47. The molecule has 1 heterocycles. The Morgan fingerprint density at radius 3 is 3.07 bits per heavy atom. The summed E-state index contributed by atoms with van der Waals surface area (Å²) in [5.41, 5.74) is 0.751. The van der Waals surface area contributed by atoms with Crippen LogP contribution in [0.2, 0.25) is 0 Å². The summed E-state index contributed by atoms with van der Waals surface area (Å²) in [4.78, 5) is 10.0. The van der Waals surface area contributed by atoms with E-state index < -0.39 is 4.92 Å². The SMILES string of the molecule is N#CCn1ncc2cc([N+](=O)[O-])ccc21. The average Bonchev–Trinajstić information content (AvgIpc) is 2.61. The lowest BCUT2D eigenvalue weighted by molar-refractivity contribution is -0.384. The maximum Gasteiger partial charge on any atom is 0.270 e. The lowest BCUT2D eigenvalue weighted by Gasteiger charge is -1.95. The molecular formula is C9H6N4O2. The van der Waals surface area contributed by atoms with E-state index in [0.717, 1.165) is 5.52 Å². The van der Waals surface area contributed by atoms with E-state index in [2.05, 4.69) is 5.10 Å². The molecule has 0 bridgehead atoms. The van der Waals surface area contributed by atoms with Gasteiger partial charge in [0.05, 0.1) is 22.7 Å². The molecule has 0 aliphatic carbocycles. The van der Waals surface area contributed by atoms with E-state index in [1.165, 1.54) is 23.0 Å². The van der Waals surface area contributed by atoms with Gasteiger partial charge in [0, 0.05) is 17.5 Å². The van der Waals surface area contributed by atoms with E-state index in [9.17, 15) is 10.1 Å². The van der Waals surface area contributed by atoms with Crippen LogP contribution in [-0.4, -0.2) is 14.7 Å². The first-order valence-corrected chi connectivity index (χ1v) is 4.19. The van der Waals surface area contributed by atoms with Gasteiger partial charge in [-0.25, -0.2) is 0 Å². The Hall–Kier alpha value is -2.42. The zero-order chi connectivity index (χ0) is 10.8. The molecule has 0 aliphatic rings. The summed E-state index contributed by atoms with van der Waals surface area (Å²) >= 11 is 0. The minimum atomic E-state index is -0.457. The Kier molecular flexibility index (Phi) is 2.06. The van der Waals surface area contributed by atoms with Crippen LogP contribution in [-0.2, 0) is 6.54 Å². The monoisotopic (exact) mass is 202 g/mol. The van der Waals surface area contributed by atoms with Crippen LogP contribution in [0.5, 0.6) is 0 Å². The Labute approximate surface area is 84.5 Å². The van der Waals surface area contributed by atoms with Gasteiger partial charge in [0.1, 0.15) is 6.54 Å². The molecule has 0 saturated heterocycles. The van der Waals surface area contributed by atoms with Crippen molar-refractivity contribution in [3.8, 4) is 6.07 Å². The normalized spacial score (nSPS) is 10.1. The number of nitrogens with zero attached hydrogens (tertiary/aromatic N) is 4. The van der Waals surface area contributed by atoms with Crippen molar-refractivity contribution in [2.75, 3.05) is 0 Å². The maximum atomic E-state index is 10.5. The second kappa shape index (κ2) is 3.38. The van der Waals surface area contributed by atoms with Crippen molar-refractivity contribution in [2.24, 2.45) is 0 Å². The van der Waals surface area contributed by atoms with Gasteiger partial charge >= 0.3 is 0 Å². The summed E-state index contributed by atoms with van der Waals surface area (Å²) in [6.45, 7) is 0.140. The largest absolute Gasteiger partial charge is 0.270 e. The van der Waals surface area contributed by atoms with Gasteiger partial charge in [-0.2, -0.15) is 10.4 Å². The summed E-state index contributed by atoms with van der Waals surface area (Å²) in [7, 11) is 0. The first-order chi connectivity index (χ1) is 7.22. The molecule has 0 aliphatic heterocycles. The standard InChI is InChI=1S/C9H6N4O2/c10-3-4-12-9-2-1-8(13(14)15)5-7(9)6-11-12/h1-2,5-6H,4H2. The number of nitro benzene ring substituents is 1. The molecule has 2 aromatic rings. The highest BCUT2D eigenvalue weighted by Crippen LogP contribution is 2.20. The molecule has 0 unspecified atom stereocenters. The lowest BCUT2D eigenvalue weighted by Crippen LogP contribution is -1.96. The van der Waals surface area contributed by atoms with Crippen LogP contribution in [0.25, 0.3) is 10.9 Å². The molecule has 0 saturated carbocycles. The number of nitriles is 1. The number of non-ortho nitro benzene ring substituents is 1. The topological polar surface area (TPSA) is 84.8 Å². The highest BCUT2D eigenvalue weighted by molar-refractivity contribution is 5.81. The summed E-state index contributed by atoms with van der Waals surface area (Å²) in [6, 6.07) is 6.40. The van der Waals surface area contributed by atoms with Crippen molar-refractivity contribution >= 4 is 16.6 Å². The van der Waals surface area contributed by atoms with Gasteiger partial charge < -0.3 is 0 Å². The number of fused-ring (bicyclic) bond motifs is 1. The third-order valence-electron chi connectivity index (χ3n) is 2.06. The third-order valence-corrected chi connectivity index (χ3v) is 2.06. The second-order valence-corrected chi connectivity index (χ2v) is 2.96. The number of hydrogen-bond donors (Lipinski definition) is 0. The molecule has 1 aromatic carbocycles. The smallest absolute Gasteiger partial charge is 0.258 e. The summed E-state index contributed by atoms with van der Waals surface area (Å²) in [5, 5.41) is 23.6. The van der Waals surface area contributed by atoms with Crippen LogP contribution < -0.4 is 0 Å². The average molecular weight is 202 g/mol. The van der Waals surface area contributed by atoms with Crippen molar-refractivity contribution in [3.05, 3.63) is 34.5 Å². The second-order valence-electron chi connectivity index (χ2n) is 2.96. The van der Waals surface area contributed by atoms with Gasteiger partial charge in [0.2, 0.25) is 0 Å². The molecule has 74 valence electrons. The molecule has 15 heavy (non-hydrogen) atoms. The Balaban J connectivity index is 2.57. The van der Waals surface area contributed by atoms with E-state index in [4.69, 9.17) is 5.26 Å². The van der Waals surface area contributed by atoms with Crippen LogP contribution >= 0.6 is 0 Å². The lowest BCUT2D eigenvalue weighted by atomic mass is 10.2. The molecule has 6 nitrogen and oxygen atoms in total. The fourth-order valence-electron chi connectivity index (χ4n) is 1.38. The van der Waals surface area contributed by atoms with Crippen LogP contribution in [0.15, 0.2) is 24.4 Å². The first-order valence-electron chi connectivity index (χ1n) is 4.19. The fraction of sp³-hybridized carbons (Fsp3) is 0.111. The molecule has 6 heteroatoms. The van der Waals surface area contributed by atoms with Crippen molar-refractivity contribution in [3.63, 3.8) is 0 Å². The Morgan fingerprint density at radius 2 is 2.40 bits per heavy atom.